The molecule has 1 aliphatic heterocycles. The molecule has 34 heavy (non-hydrogen) atoms. The molecule has 0 aromatic carbocycles. The van der Waals surface area contributed by atoms with Gasteiger partial charge in [0.05, 0.1) is 6.10 Å². The number of hydrogen-bond acceptors (Lipinski definition) is 4. The minimum absolute atomic E-state index is 0.0877. The lowest BCUT2D eigenvalue weighted by Crippen LogP contribution is -2.33. The summed E-state index contributed by atoms with van der Waals surface area (Å²) in [7, 11) is 0. The second-order valence-corrected chi connectivity index (χ2v) is 9.96. The summed E-state index contributed by atoms with van der Waals surface area (Å²) in [5.41, 5.74) is 2.28. The van der Waals surface area contributed by atoms with Crippen molar-refractivity contribution < 1.29 is 19.4 Å². The summed E-state index contributed by atoms with van der Waals surface area (Å²) in [5.74, 6) is -0.124. The lowest BCUT2D eigenvalue weighted by atomic mass is 9.84. The molecule has 7 atom stereocenters. The number of aliphatic hydroxyl groups is 1. The van der Waals surface area contributed by atoms with Gasteiger partial charge in [0.15, 0.2) is 0 Å². The number of allylic oxidation sites excluding steroid dienone is 7. The fourth-order valence-electron chi connectivity index (χ4n) is 4.10. The van der Waals surface area contributed by atoms with Crippen LogP contribution in [0.25, 0.3) is 0 Å². The Kier molecular flexibility index (Phi) is 13.1. The van der Waals surface area contributed by atoms with Gasteiger partial charge in [0.25, 0.3) is 0 Å². The van der Waals surface area contributed by atoms with E-state index in [0.29, 0.717) is 5.92 Å². The number of Topliss-reactive ketones (excluding diaryl/α,β-unsaturated/α-hetero) is 1. The Hall–Kier alpha value is -2.20. The van der Waals surface area contributed by atoms with Crippen molar-refractivity contribution in [2.75, 3.05) is 0 Å². The van der Waals surface area contributed by atoms with Crippen LogP contribution in [-0.4, -0.2) is 29.1 Å². The number of aliphatic hydroxyl groups excluding tert-OH is 1. The Morgan fingerprint density at radius 1 is 1.15 bits per heavy atom. The molecule has 0 amide bonds. The van der Waals surface area contributed by atoms with Crippen LogP contribution in [0.15, 0.2) is 59.8 Å². The van der Waals surface area contributed by atoms with Gasteiger partial charge in [-0.25, -0.2) is 4.79 Å². The maximum absolute atomic E-state index is 12.7. The highest BCUT2D eigenvalue weighted by molar-refractivity contribution is 5.85. The van der Waals surface area contributed by atoms with Crippen molar-refractivity contribution in [3.63, 3.8) is 0 Å². The van der Waals surface area contributed by atoms with Crippen molar-refractivity contribution in [3.8, 4) is 0 Å². The second kappa shape index (κ2) is 14.9. The number of hydrogen-bond donors (Lipinski definition) is 1. The third-order valence-corrected chi connectivity index (χ3v) is 6.75. The molecule has 1 N–H and O–H groups in total. The van der Waals surface area contributed by atoms with Gasteiger partial charge in [0.2, 0.25) is 0 Å². The largest absolute Gasteiger partial charge is 0.454 e. The van der Waals surface area contributed by atoms with Gasteiger partial charge in [0.1, 0.15) is 11.9 Å². The van der Waals surface area contributed by atoms with Crippen molar-refractivity contribution >= 4 is 11.8 Å². The van der Waals surface area contributed by atoms with E-state index in [2.05, 4.69) is 38.2 Å². The molecule has 1 heterocycles. The van der Waals surface area contributed by atoms with E-state index in [0.717, 1.165) is 24.8 Å². The Morgan fingerprint density at radius 2 is 1.82 bits per heavy atom. The molecule has 0 aromatic rings. The van der Waals surface area contributed by atoms with E-state index in [-0.39, 0.29) is 41.5 Å². The smallest absolute Gasteiger partial charge is 0.331 e. The summed E-state index contributed by atoms with van der Waals surface area (Å²) in [6, 6.07) is 0. The fourth-order valence-corrected chi connectivity index (χ4v) is 4.10. The van der Waals surface area contributed by atoms with Gasteiger partial charge in [-0.3, -0.25) is 4.79 Å². The van der Waals surface area contributed by atoms with Crippen molar-refractivity contribution in [1.29, 1.82) is 0 Å². The molecule has 0 aromatic heterocycles. The molecule has 0 aliphatic carbocycles. The van der Waals surface area contributed by atoms with E-state index < -0.39 is 6.10 Å². The average Bonchev–Trinajstić information content (AvgIpc) is 2.81. The number of rotatable bonds is 13. The highest BCUT2D eigenvalue weighted by atomic mass is 16.5. The molecule has 0 fully saturated rings. The van der Waals surface area contributed by atoms with Crippen LogP contribution in [0.1, 0.15) is 74.7 Å². The van der Waals surface area contributed by atoms with Gasteiger partial charge in [-0.1, -0.05) is 102 Å². The lowest BCUT2D eigenvalue weighted by Gasteiger charge is -2.24. The lowest BCUT2D eigenvalue weighted by molar-refractivity contribution is -0.143. The molecule has 0 unspecified atom stereocenters. The van der Waals surface area contributed by atoms with Crippen LogP contribution >= 0.6 is 0 Å². The maximum atomic E-state index is 12.7. The summed E-state index contributed by atoms with van der Waals surface area (Å²) in [4.78, 5) is 24.2. The summed E-state index contributed by atoms with van der Waals surface area (Å²) in [5, 5.41) is 10.4. The van der Waals surface area contributed by atoms with Gasteiger partial charge in [-0.15, -0.1) is 0 Å². The van der Waals surface area contributed by atoms with Crippen molar-refractivity contribution in [3.05, 3.63) is 59.8 Å². The van der Waals surface area contributed by atoms with E-state index in [1.807, 2.05) is 59.8 Å². The van der Waals surface area contributed by atoms with E-state index in [4.69, 9.17) is 4.74 Å². The van der Waals surface area contributed by atoms with Crippen LogP contribution in [0.5, 0.6) is 0 Å². The van der Waals surface area contributed by atoms with Crippen LogP contribution in [-0.2, 0) is 14.3 Å². The second-order valence-electron chi connectivity index (χ2n) is 9.96. The summed E-state index contributed by atoms with van der Waals surface area (Å²) in [6.45, 7) is 16.1. The maximum Gasteiger partial charge on any atom is 0.331 e. The fraction of sp³-hybridized carbons (Fsp3) is 0.600. The Bertz CT molecular complexity index is 814. The molecule has 4 heteroatoms. The minimum Gasteiger partial charge on any atom is -0.454 e. The first kappa shape index (κ1) is 29.8. The quantitative estimate of drug-likeness (QED) is 0.238. The summed E-state index contributed by atoms with van der Waals surface area (Å²) in [6.07, 6.45) is 17.8. The number of carbonyl (C=O) groups excluding carboxylic acids is 2. The van der Waals surface area contributed by atoms with Crippen molar-refractivity contribution in [2.24, 2.45) is 29.6 Å². The summed E-state index contributed by atoms with van der Waals surface area (Å²) < 4.78 is 5.39. The predicted molar refractivity (Wildman–Crippen MR) is 141 cm³/mol. The number of cyclic esters (lactones) is 1. The third kappa shape index (κ3) is 9.97. The van der Waals surface area contributed by atoms with E-state index >= 15 is 0 Å². The van der Waals surface area contributed by atoms with E-state index in [9.17, 15) is 14.7 Å². The average molecular weight is 471 g/mol. The van der Waals surface area contributed by atoms with Crippen molar-refractivity contribution in [1.82, 2.24) is 0 Å². The SMILES string of the molecule is CCC(=C/[C@H](C)C/C=C/C(C)=C/[C@@H](C)C(=O)[C@@H](C)[C@H](O)[C@@H](C)CC)/C=C/[C@H]1OC(=O)C=C[C@H]1C. The van der Waals surface area contributed by atoms with Crippen LogP contribution in [0.4, 0.5) is 0 Å². The Balaban J connectivity index is 2.67. The van der Waals surface area contributed by atoms with Gasteiger partial charge >= 0.3 is 5.97 Å². The molecule has 1 rings (SSSR count). The molecule has 0 bridgehead atoms. The molecule has 0 spiro atoms. The first-order valence-corrected chi connectivity index (χ1v) is 12.8. The number of esters is 1. The zero-order valence-electron chi connectivity index (χ0n) is 22.5. The first-order chi connectivity index (χ1) is 16.0. The van der Waals surface area contributed by atoms with Crippen LogP contribution < -0.4 is 0 Å². The Morgan fingerprint density at radius 3 is 2.44 bits per heavy atom. The number of carbonyl (C=O) groups is 2. The Labute approximate surface area is 207 Å². The number of ketones is 1. The first-order valence-electron chi connectivity index (χ1n) is 12.8. The molecular formula is C30H46O4. The van der Waals surface area contributed by atoms with Crippen LogP contribution in [0, 0.1) is 29.6 Å². The van der Waals surface area contributed by atoms with Crippen LogP contribution in [0.3, 0.4) is 0 Å². The zero-order chi connectivity index (χ0) is 25.8. The van der Waals surface area contributed by atoms with Gasteiger partial charge in [-0.05, 0) is 37.7 Å². The zero-order valence-corrected chi connectivity index (χ0v) is 22.5. The molecule has 0 saturated heterocycles. The van der Waals surface area contributed by atoms with Crippen LogP contribution in [0.2, 0.25) is 0 Å². The monoisotopic (exact) mass is 470 g/mol. The molecular weight excluding hydrogens is 424 g/mol. The van der Waals surface area contributed by atoms with Gasteiger partial charge in [-0.2, -0.15) is 0 Å². The van der Waals surface area contributed by atoms with E-state index in [1.165, 1.54) is 11.6 Å². The summed E-state index contributed by atoms with van der Waals surface area (Å²) >= 11 is 0. The molecule has 1 aliphatic rings. The van der Waals surface area contributed by atoms with Gasteiger partial charge in [0, 0.05) is 23.8 Å². The molecule has 0 saturated carbocycles. The molecule has 0 radical (unpaired) electrons. The highest BCUT2D eigenvalue weighted by Gasteiger charge is 2.28. The topological polar surface area (TPSA) is 63.6 Å². The molecule has 4 nitrogen and oxygen atoms in total. The van der Waals surface area contributed by atoms with Crippen molar-refractivity contribution in [2.45, 2.75) is 86.9 Å². The standard InChI is InChI=1S/C30H46O4/c1-9-22(5)29(32)25(8)30(33)24(7)18-20(3)12-11-13-21(4)19-26(10-2)15-16-27-23(6)14-17-28(31)34-27/h11-12,14-19,21-25,27,29,32H,9-10,13H2,1-8H3/b12-11+,16-15+,20-18+,26-19-/t21-,22+,23-,24-,25+,27-,29-/m1/s1. The number of ether oxygens (including phenoxy) is 1. The molecule has 190 valence electrons. The highest BCUT2D eigenvalue weighted by Crippen LogP contribution is 2.22. The predicted octanol–water partition coefficient (Wildman–Crippen LogP) is 6.77. The van der Waals surface area contributed by atoms with E-state index in [1.54, 1.807) is 0 Å². The van der Waals surface area contributed by atoms with Gasteiger partial charge < -0.3 is 9.84 Å². The minimum atomic E-state index is -0.594. The third-order valence-electron chi connectivity index (χ3n) is 6.75. The normalized spacial score (nSPS) is 24.2.